The van der Waals surface area contributed by atoms with E-state index in [9.17, 15) is 0 Å². The standard InChI is InChI=1S/C14H13NOS/c1-9-13(15-12-7-8-17-14(9)12)10-3-5-11(16-2)6-4-10/h3-8,15H,1-2H3. The summed E-state index contributed by atoms with van der Waals surface area (Å²) in [4.78, 5) is 3.47. The number of aromatic amines is 1. The van der Waals surface area contributed by atoms with Crippen molar-refractivity contribution in [1.82, 2.24) is 4.98 Å². The first-order valence-corrected chi connectivity index (χ1v) is 6.38. The van der Waals surface area contributed by atoms with E-state index in [0.717, 1.165) is 5.75 Å². The molecule has 0 saturated carbocycles. The maximum Gasteiger partial charge on any atom is 0.118 e. The van der Waals surface area contributed by atoms with Crippen molar-refractivity contribution < 1.29 is 4.74 Å². The van der Waals surface area contributed by atoms with Gasteiger partial charge in [-0.15, -0.1) is 11.3 Å². The van der Waals surface area contributed by atoms with Crippen molar-refractivity contribution in [2.45, 2.75) is 6.92 Å². The van der Waals surface area contributed by atoms with Gasteiger partial charge in [-0.1, -0.05) is 0 Å². The average molecular weight is 243 g/mol. The molecule has 0 aliphatic heterocycles. The topological polar surface area (TPSA) is 25.0 Å². The Labute approximate surface area is 104 Å². The van der Waals surface area contributed by atoms with E-state index in [-0.39, 0.29) is 0 Å². The van der Waals surface area contributed by atoms with Crippen molar-refractivity contribution >= 4 is 21.6 Å². The summed E-state index contributed by atoms with van der Waals surface area (Å²) in [6.45, 7) is 2.16. The van der Waals surface area contributed by atoms with E-state index in [1.165, 1.54) is 27.0 Å². The smallest absolute Gasteiger partial charge is 0.118 e. The van der Waals surface area contributed by atoms with Crippen LogP contribution in [0.5, 0.6) is 5.75 Å². The molecule has 2 aromatic heterocycles. The number of methoxy groups -OCH3 is 1. The monoisotopic (exact) mass is 243 g/mol. The lowest BCUT2D eigenvalue weighted by atomic mass is 10.1. The molecule has 2 nitrogen and oxygen atoms in total. The molecular formula is C14H13NOS. The first kappa shape index (κ1) is 10.4. The quantitative estimate of drug-likeness (QED) is 0.716. The van der Waals surface area contributed by atoms with E-state index < -0.39 is 0 Å². The maximum absolute atomic E-state index is 5.17. The lowest BCUT2D eigenvalue weighted by molar-refractivity contribution is 0.415. The van der Waals surface area contributed by atoms with Gasteiger partial charge in [-0.25, -0.2) is 0 Å². The van der Waals surface area contributed by atoms with Crippen LogP contribution in [-0.4, -0.2) is 12.1 Å². The number of ether oxygens (including phenoxy) is 1. The van der Waals surface area contributed by atoms with Crippen molar-refractivity contribution in [2.75, 3.05) is 7.11 Å². The van der Waals surface area contributed by atoms with Crippen molar-refractivity contribution in [3.8, 4) is 17.0 Å². The van der Waals surface area contributed by atoms with E-state index in [2.05, 4.69) is 35.5 Å². The number of hydrogen-bond acceptors (Lipinski definition) is 2. The maximum atomic E-state index is 5.17. The fourth-order valence-electron chi connectivity index (χ4n) is 2.09. The molecule has 3 heteroatoms. The van der Waals surface area contributed by atoms with Crippen molar-refractivity contribution in [3.63, 3.8) is 0 Å². The summed E-state index contributed by atoms with van der Waals surface area (Å²) in [7, 11) is 1.69. The van der Waals surface area contributed by atoms with Crippen molar-refractivity contribution in [1.29, 1.82) is 0 Å². The molecule has 0 spiro atoms. The lowest BCUT2D eigenvalue weighted by Gasteiger charge is -2.03. The van der Waals surface area contributed by atoms with Crippen LogP contribution >= 0.6 is 11.3 Å². The van der Waals surface area contributed by atoms with Crippen LogP contribution in [0.4, 0.5) is 0 Å². The van der Waals surface area contributed by atoms with Gasteiger partial charge in [0, 0.05) is 0 Å². The Balaban J connectivity index is 2.12. The molecule has 0 atom stereocenters. The second-order valence-corrected chi connectivity index (χ2v) is 4.93. The highest BCUT2D eigenvalue weighted by atomic mass is 32.1. The van der Waals surface area contributed by atoms with Crippen LogP contribution in [-0.2, 0) is 0 Å². The Hall–Kier alpha value is -1.74. The van der Waals surface area contributed by atoms with Crippen LogP contribution in [0, 0.1) is 6.92 Å². The molecule has 0 saturated heterocycles. The molecule has 1 aromatic carbocycles. The van der Waals surface area contributed by atoms with Crippen molar-refractivity contribution in [3.05, 3.63) is 41.3 Å². The zero-order chi connectivity index (χ0) is 11.8. The highest BCUT2D eigenvalue weighted by Gasteiger charge is 2.10. The molecule has 3 rings (SSSR count). The third-order valence-electron chi connectivity index (χ3n) is 3.02. The number of aryl methyl sites for hydroxylation is 1. The second-order valence-electron chi connectivity index (χ2n) is 4.02. The molecule has 0 unspecified atom stereocenters. The minimum absolute atomic E-state index is 0.889. The number of thiophene rings is 1. The van der Waals surface area contributed by atoms with E-state index in [1.807, 2.05) is 12.1 Å². The minimum Gasteiger partial charge on any atom is -0.497 e. The molecular weight excluding hydrogens is 230 g/mol. The highest BCUT2D eigenvalue weighted by molar-refractivity contribution is 7.17. The molecule has 0 aliphatic carbocycles. The number of rotatable bonds is 2. The van der Waals surface area contributed by atoms with Crippen LogP contribution in [0.1, 0.15) is 5.56 Å². The fourth-order valence-corrected chi connectivity index (χ4v) is 2.95. The molecule has 0 aliphatic rings. The first-order chi connectivity index (χ1) is 8.29. The number of hydrogen-bond donors (Lipinski definition) is 1. The first-order valence-electron chi connectivity index (χ1n) is 5.50. The number of nitrogens with one attached hydrogen (secondary N) is 1. The van der Waals surface area contributed by atoms with E-state index in [1.54, 1.807) is 18.4 Å². The predicted molar refractivity (Wildman–Crippen MR) is 72.9 cm³/mol. The highest BCUT2D eigenvalue weighted by Crippen LogP contribution is 2.33. The van der Waals surface area contributed by atoms with Gasteiger partial charge in [-0.05, 0) is 53.8 Å². The number of benzene rings is 1. The summed E-state index contributed by atoms with van der Waals surface area (Å²) in [6.07, 6.45) is 0. The summed E-state index contributed by atoms with van der Waals surface area (Å²) in [5.74, 6) is 0.889. The van der Waals surface area contributed by atoms with Crippen LogP contribution in [0.3, 0.4) is 0 Å². The van der Waals surface area contributed by atoms with Gasteiger partial charge in [0.15, 0.2) is 0 Å². The predicted octanol–water partition coefficient (Wildman–Crippen LogP) is 4.21. The largest absolute Gasteiger partial charge is 0.497 e. The lowest BCUT2D eigenvalue weighted by Crippen LogP contribution is -1.84. The molecule has 3 aromatic rings. The summed E-state index contributed by atoms with van der Waals surface area (Å²) >= 11 is 1.78. The molecule has 1 N–H and O–H groups in total. The summed E-state index contributed by atoms with van der Waals surface area (Å²) in [6, 6.07) is 10.3. The summed E-state index contributed by atoms with van der Waals surface area (Å²) in [5.41, 5.74) is 4.94. The molecule has 2 heterocycles. The van der Waals surface area contributed by atoms with Crippen LogP contribution in [0.25, 0.3) is 21.5 Å². The second kappa shape index (κ2) is 3.93. The van der Waals surface area contributed by atoms with Crippen LogP contribution < -0.4 is 4.74 Å². The van der Waals surface area contributed by atoms with Gasteiger partial charge < -0.3 is 9.72 Å². The van der Waals surface area contributed by atoms with E-state index in [0.29, 0.717) is 0 Å². The van der Waals surface area contributed by atoms with Crippen molar-refractivity contribution in [2.24, 2.45) is 0 Å². The SMILES string of the molecule is COc1ccc(-c2[nH]c3ccsc3c2C)cc1. The van der Waals surface area contributed by atoms with Gasteiger partial charge in [0.25, 0.3) is 0 Å². The van der Waals surface area contributed by atoms with Gasteiger partial charge in [0.1, 0.15) is 5.75 Å². The van der Waals surface area contributed by atoms with Crippen LogP contribution in [0.2, 0.25) is 0 Å². The summed E-state index contributed by atoms with van der Waals surface area (Å²) < 4.78 is 6.51. The Bertz CT molecular complexity index is 648. The fraction of sp³-hybridized carbons (Fsp3) is 0.143. The molecule has 17 heavy (non-hydrogen) atoms. The van der Waals surface area contributed by atoms with Gasteiger partial charge in [-0.3, -0.25) is 0 Å². The third kappa shape index (κ3) is 1.63. The zero-order valence-corrected chi connectivity index (χ0v) is 10.6. The number of fused-ring (bicyclic) bond motifs is 1. The zero-order valence-electron chi connectivity index (χ0n) is 9.78. The van der Waals surface area contributed by atoms with Gasteiger partial charge in [-0.2, -0.15) is 0 Å². The Kier molecular flexibility index (Phi) is 2.41. The van der Waals surface area contributed by atoms with E-state index in [4.69, 9.17) is 4.74 Å². The third-order valence-corrected chi connectivity index (χ3v) is 4.05. The Morgan fingerprint density at radius 2 is 1.88 bits per heavy atom. The van der Waals surface area contributed by atoms with Gasteiger partial charge in [0.2, 0.25) is 0 Å². The number of aromatic nitrogens is 1. The molecule has 0 bridgehead atoms. The minimum atomic E-state index is 0.889. The molecule has 86 valence electrons. The van der Waals surface area contributed by atoms with Gasteiger partial charge >= 0.3 is 0 Å². The Morgan fingerprint density at radius 1 is 1.12 bits per heavy atom. The molecule has 0 amide bonds. The normalized spacial score (nSPS) is 10.9. The van der Waals surface area contributed by atoms with Crippen LogP contribution in [0.15, 0.2) is 35.7 Å². The Morgan fingerprint density at radius 3 is 2.53 bits per heavy atom. The van der Waals surface area contributed by atoms with E-state index >= 15 is 0 Å². The number of H-pyrrole nitrogens is 1. The summed E-state index contributed by atoms with van der Waals surface area (Å²) in [5, 5.41) is 2.12. The molecule has 0 fully saturated rings. The van der Waals surface area contributed by atoms with Gasteiger partial charge in [0.05, 0.1) is 23.0 Å². The average Bonchev–Trinajstić information content (AvgIpc) is 2.93. The molecule has 0 radical (unpaired) electrons.